The van der Waals surface area contributed by atoms with E-state index in [-0.39, 0.29) is 18.4 Å². The van der Waals surface area contributed by atoms with Gasteiger partial charge in [0.25, 0.3) is 0 Å². The van der Waals surface area contributed by atoms with Crippen LogP contribution in [0.25, 0.3) is 10.8 Å². The molecule has 0 aromatic heterocycles. The second-order valence-electron chi connectivity index (χ2n) is 5.30. The predicted octanol–water partition coefficient (Wildman–Crippen LogP) is 3.14. The minimum Gasteiger partial charge on any atom is -0.329 e. The van der Waals surface area contributed by atoms with Gasteiger partial charge < -0.3 is 5.73 Å². The van der Waals surface area contributed by atoms with Crippen molar-refractivity contribution in [3.8, 4) is 0 Å². The van der Waals surface area contributed by atoms with E-state index in [4.69, 9.17) is 5.73 Å². The maximum Gasteiger partial charge on any atom is 0.243 e. The lowest BCUT2D eigenvalue weighted by molar-refractivity contribution is 0.393. The Balaban J connectivity index is 0.00000176. The largest absolute Gasteiger partial charge is 0.329 e. The Bertz CT molecular complexity index is 782. The first-order valence-corrected chi connectivity index (χ1v) is 9.17. The summed E-state index contributed by atoms with van der Waals surface area (Å²) in [5, 5.41) is 1.93. The Morgan fingerprint density at radius 1 is 1.18 bits per heavy atom. The number of sulfonamides is 1. The van der Waals surface area contributed by atoms with Gasteiger partial charge in [0.2, 0.25) is 10.0 Å². The number of nitrogens with zero attached hydrogens (tertiary/aromatic N) is 1. The molecule has 0 amide bonds. The van der Waals surface area contributed by atoms with Crippen molar-refractivity contribution in [1.82, 2.24) is 4.31 Å². The van der Waals surface area contributed by atoms with E-state index in [0.29, 0.717) is 18.0 Å². The molecule has 1 saturated heterocycles. The van der Waals surface area contributed by atoms with E-state index in [1.807, 2.05) is 24.3 Å². The summed E-state index contributed by atoms with van der Waals surface area (Å²) in [6, 6.07) is 11.0. The van der Waals surface area contributed by atoms with Crippen molar-refractivity contribution in [2.75, 3.05) is 13.1 Å². The van der Waals surface area contributed by atoms with Crippen LogP contribution in [0.3, 0.4) is 0 Å². The van der Waals surface area contributed by atoms with Crippen LogP contribution in [-0.2, 0) is 10.0 Å². The molecule has 1 heterocycles. The third-order valence-electron chi connectivity index (χ3n) is 3.98. The molecule has 1 aliphatic heterocycles. The molecular formula is C15H18BrClN2O2S. The second kappa shape index (κ2) is 6.84. The molecule has 2 aromatic rings. The van der Waals surface area contributed by atoms with Crippen molar-refractivity contribution in [2.24, 2.45) is 5.73 Å². The van der Waals surface area contributed by atoms with Gasteiger partial charge in [-0.2, -0.15) is 4.31 Å². The summed E-state index contributed by atoms with van der Waals surface area (Å²) in [7, 11) is -3.46. The van der Waals surface area contributed by atoms with Crippen LogP contribution in [0.2, 0.25) is 0 Å². The maximum atomic E-state index is 12.8. The summed E-state index contributed by atoms with van der Waals surface area (Å²) < 4.78 is 28.1. The quantitative estimate of drug-likeness (QED) is 0.853. The molecule has 0 bridgehead atoms. The standard InChI is InChI=1S/C15H17BrN2O2S.ClH/c16-13-5-3-12-9-15(6-4-11(12)8-13)21(19,20)18-7-1-2-14(18)10-17;/h3-6,8-9,14H,1-2,7,10,17H2;1H. The van der Waals surface area contributed by atoms with E-state index >= 15 is 0 Å². The van der Waals surface area contributed by atoms with Crippen LogP contribution in [0.1, 0.15) is 12.8 Å². The molecule has 1 unspecified atom stereocenters. The van der Waals surface area contributed by atoms with Crippen LogP contribution >= 0.6 is 28.3 Å². The van der Waals surface area contributed by atoms with Crippen molar-refractivity contribution < 1.29 is 8.42 Å². The van der Waals surface area contributed by atoms with Crippen LogP contribution in [0, 0.1) is 0 Å². The molecule has 1 atom stereocenters. The Labute approximate surface area is 145 Å². The Morgan fingerprint density at radius 3 is 2.59 bits per heavy atom. The van der Waals surface area contributed by atoms with Crippen LogP contribution in [-0.4, -0.2) is 31.9 Å². The lowest BCUT2D eigenvalue weighted by Gasteiger charge is -2.23. The third-order valence-corrected chi connectivity index (χ3v) is 6.42. The highest BCUT2D eigenvalue weighted by molar-refractivity contribution is 9.10. The maximum absolute atomic E-state index is 12.8. The average Bonchev–Trinajstić information content (AvgIpc) is 2.95. The summed E-state index contributed by atoms with van der Waals surface area (Å²) in [5.74, 6) is 0. The molecule has 0 saturated carbocycles. The molecule has 1 fully saturated rings. The number of rotatable bonds is 3. The Morgan fingerprint density at radius 2 is 1.86 bits per heavy atom. The SMILES string of the molecule is Cl.NCC1CCCN1S(=O)(=O)c1ccc2cc(Br)ccc2c1. The monoisotopic (exact) mass is 404 g/mol. The number of benzene rings is 2. The van der Waals surface area contributed by atoms with E-state index in [1.165, 1.54) is 0 Å². The molecule has 0 spiro atoms. The van der Waals surface area contributed by atoms with Gasteiger partial charge in [-0.3, -0.25) is 0 Å². The van der Waals surface area contributed by atoms with Gasteiger partial charge in [-0.25, -0.2) is 8.42 Å². The van der Waals surface area contributed by atoms with E-state index in [9.17, 15) is 8.42 Å². The van der Waals surface area contributed by atoms with Crippen LogP contribution in [0.15, 0.2) is 45.8 Å². The van der Waals surface area contributed by atoms with Crippen LogP contribution in [0.5, 0.6) is 0 Å². The lowest BCUT2D eigenvalue weighted by Crippen LogP contribution is -2.39. The normalized spacial score (nSPS) is 19.3. The summed E-state index contributed by atoms with van der Waals surface area (Å²) in [4.78, 5) is 0.345. The molecule has 7 heteroatoms. The number of halogens is 2. The second-order valence-corrected chi connectivity index (χ2v) is 8.11. The lowest BCUT2D eigenvalue weighted by atomic mass is 10.1. The van der Waals surface area contributed by atoms with Gasteiger partial charge in [0, 0.05) is 23.6 Å². The van der Waals surface area contributed by atoms with Crippen molar-refractivity contribution in [3.63, 3.8) is 0 Å². The molecular weight excluding hydrogens is 388 g/mol. The minimum atomic E-state index is -3.46. The Hall–Kier alpha value is -0.660. The van der Waals surface area contributed by atoms with Gasteiger partial charge in [0.1, 0.15) is 0 Å². The van der Waals surface area contributed by atoms with Crippen molar-refractivity contribution >= 4 is 49.1 Å². The fourth-order valence-electron chi connectivity index (χ4n) is 2.85. The first-order valence-electron chi connectivity index (χ1n) is 6.93. The minimum absolute atomic E-state index is 0. The van der Waals surface area contributed by atoms with Crippen molar-refractivity contribution in [3.05, 3.63) is 40.9 Å². The fourth-order valence-corrected chi connectivity index (χ4v) is 4.97. The first-order chi connectivity index (χ1) is 10.0. The summed E-state index contributed by atoms with van der Waals surface area (Å²) in [6.45, 7) is 0.933. The molecule has 3 rings (SSSR count). The highest BCUT2D eigenvalue weighted by Crippen LogP contribution is 2.28. The van der Waals surface area contributed by atoms with Gasteiger partial charge in [-0.15, -0.1) is 12.4 Å². The van der Waals surface area contributed by atoms with Crippen LogP contribution < -0.4 is 5.73 Å². The van der Waals surface area contributed by atoms with Crippen molar-refractivity contribution in [2.45, 2.75) is 23.8 Å². The predicted molar refractivity (Wildman–Crippen MR) is 94.9 cm³/mol. The topological polar surface area (TPSA) is 63.4 Å². The third kappa shape index (κ3) is 3.16. The number of hydrogen-bond donors (Lipinski definition) is 1. The molecule has 4 nitrogen and oxygen atoms in total. The zero-order valence-corrected chi connectivity index (χ0v) is 15.1. The number of fused-ring (bicyclic) bond motifs is 1. The highest BCUT2D eigenvalue weighted by atomic mass is 79.9. The number of hydrogen-bond acceptors (Lipinski definition) is 3. The molecule has 0 aliphatic carbocycles. The average molecular weight is 406 g/mol. The van der Waals surface area contributed by atoms with Gasteiger partial charge >= 0.3 is 0 Å². The summed E-state index contributed by atoms with van der Waals surface area (Å²) >= 11 is 3.42. The van der Waals surface area contributed by atoms with Gasteiger partial charge in [0.05, 0.1) is 4.90 Å². The zero-order valence-electron chi connectivity index (χ0n) is 11.9. The molecule has 1 aliphatic rings. The first kappa shape index (κ1) is 17.7. The van der Waals surface area contributed by atoms with Crippen molar-refractivity contribution in [1.29, 1.82) is 0 Å². The molecule has 2 N–H and O–H groups in total. The fraction of sp³-hybridized carbons (Fsp3) is 0.333. The molecule has 120 valence electrons. The highest BCUT2D eigenvalue weighted by Gasteiger charge is 2.34. The number of nitrogens with two attached hydrogens (primary N) is 1. The van der Waals surface area contributed by atoms with E-state index in [2.05, 4.69) is 15.9 Å². The zero-order chi connectivity index (χ0) is 15.0. The van der Waals surface area contributed by atoms with E-state index in [1.54, 1.807) is 16.4 Å². The summed E-state index contributed by atoms with van der Waals surface area (Å²) in [6.07, 6.45) is 1.72. The molecule has 2 aromatic carbocycles. The molecule has 0 radical (unpaired) electrons. The summed E-state index contributed by atoms with van der Waals surface area (Å²) in [5.41, 5.74) is 5.69. The van der Waals surface area contributed by atoms with Gasteiger partial charge in [0.15, 0.2) is 0 Å². The van der Waals surface area contributed by atoms with Crippen LogP contribution in [0.4, 0.5) is 0 Å². The smallest absolute Gasteiger partial charge is 0.243 e. The molecule has 22 heavy (non-hydrogen) atoms. The van der Waals surface area contributed by atoms with E-state index < -0.39 is 10.0 Å². The van der Waals surface area contributed by atoms with E-state index in [0.717, 1.165) is 28.1 Å². The Kier molecular flexibility index (Phi) is 5.50. The van der Waals surface area contributed by atoms with Gasteiger partial charge in [-0.1, -0.05) is 28.1 Å². The van der Waals surface area contributed by atoms with Gasteiger partial charge in [-0.05, 0) is 47.9 Å².